The zero-order valence-corrected chi connectivity index (χ0v) is 50.1. The van der Waals surface area contributed by atoms with Gasteiger partial charge in [-0.05, 0) is 83.5 Å². The van der Waals surface area contributed by atoms with Crippen LogP contribution in [0.25, 0.3) is 0 Å². The lowest BCUT2D eigenvalue weighted by Gasteiger charge is -2.18. The molecule has 0 bridgehead atoms. The van der Waals surface area contributed by atoms with Crippen LogP contribution in [0.3, 0.4) is 0 Å². The molecule has 0 aliphatic carbocycles. The molecule has 0 aliphatic rings. The van der Waals surface area contributed by atoms with E-state index in [1.807, 2.05) is 0 Å². The summed E-state index contributed by atoms with van der Waals surface area (Å²) in [4.78, 5) is 38.3. The number of allylic oxidation sites excluding steroid dienone is 10. The first-order valence-electron chi connectivity index (χ1n) is 32.8. The Bertz CT molecular complexity index is 1340. The minimum atomic E-state index is -0.783. The minimum Gasteiger partial charge on any atom is -0.462 e. The van der Waals surface area contributed by atoms with Crippen LogP contribution in [0.2, 0.25) is 0 Å². The first-order valence-corrected chi connectivity index (χ1v) is 32.8. The van der Waals surface area contributed by atoms with Crippen LogP contribution in [-0.2, 0) is 28.6 Å². The smallest absolute Gasteiger partial charge is 0.306 e. The van der Waals surface area contributed by atoms with E-state index in [-0.39, 0.29) is 31.1 Å². The van der Waals surface area contributed by atoms with Crippen molar-refractivity contribution in [2.75, 3.05) is 13.2 Å². The average molecular weight is 1050 g/mol. The maximum Gasteiger partial charge on any atom is 0.306 e. The zero-order chi connectivity index (χ0) is 54.3. The normalized spacial score (nSPS) is 12.4. The van der Waals surface area contributed by atoms with E-state index in [2.05, 4.69) is 81.5 Å². The van der Waals surface area contributed by atoms with E-state index in [0.717, 1.165) is 96.3 Å². The van der Waals surface area contributed by atoms with Gasteiger partial charge in [0.15, 0.2) is 6.10 Å². The maximum atomic E-state index is 12.9. The van der Waals surface area contributed by atoms with Crippen molar-refractivity contribution in [1.29, 1.82) is 0 Å². The van der Waals surface area contributed by atoms with Gasteiger partial charge < -0.3 is 14.2 Å². The topological polar surface area (TPSA) is 78.9 Å². The molecule has 0 rings (SSSR count). The highest BCUT2D eigenvalue weighted by atomic mass is 16.6. The summed E-state index contributed by atoms with van der Waals surface area (Å²) in [7, 11) is 0. The van der Waals surface area contributed by atoms with E-state index in [1.165, 1.54) is 205 Å². The molecule has 0 heterocycles. The fraction of sp³-hybridized carbons (Fsp3) is 0.812. The average Bonchev–Trinajstić information content (AvgIpc) is 3.41. The molecule has 0 amide bonds. The van der Waals surface area contributed by atoms with Crippen LogP contribution in [0.15, 0.2) is 60.8 Å². The number of hydrogen-bond acceptors (Lipinski definition) is 6. The fourth-order valence-corrected chi connectivity index (χ4v) is 9.53. The van der Waals surface area contributed by atoms with Gasteiger partial charge in [-0.2, -0.15) is 0 Å². The molecule has 0 aromatic heterocycles. The molecule has 75 heavy (non-hydrogen) atoms. The van der Waals surface area contributed by atoms with Gasteiger partial charge in [-0.3, -0.25) is 14.4 Å². The van der Waals surface area contributed by atoms with Gasteiger partial charge in [-0.25, -0.2) is 0 Å². The molecule has 0 aromatic rings. The first kappa shape index (κ1) is 72.1. The number of rotatable bonds is 60. The monoisotopic (exact) mass is 1050 g/mol. The van der Waals surface area contributed by atoms with Crippen LogP contribution in [0, 0.1) is 0 Å². The van der Waals surface area contributed by atoms with Crippen LogP contribution in [0.1, 0.15) is 342 Å². The summed E-state index contributed by atoms with van der Waals surface area (Å²) in [5.74, 6) is -0.881. The standard InChI is InChI=1S/C69H124O6/c1-4-7-10-13-16-19-22-25-28-30-32-34-35-36-38-39-41-44-47-50-53-56-59-62-68(71)74-65-66(64-73-67(70)61-58-55-52-49-46-43-27-24-21-18-15-12-9-6-3)75-69(72)63-60-57-54-51-48-45-42-40-37-33-31-29-26-23-20-17-14-11-8-5-2/h15,18,22,24-25,27,30,32,35-36,66H,4-14,16-17,19-21,23,26,28-29,31,33-34,37-65H2,1-3H3/b18-15-,25-22-,27-24-,32-30-,36-35-. The Labute approximate surface area is 466 Å². The van der Waals surface area contributed by atoms with Crippen molar-refractivity contribution in [3.63, 3.8) is 0 Å². The summed E-state index contributed by atoms with van der Waals surface area (Å²) in [6.07, 6.45) is 80.8. The van der Waals surface area contributed by atoms with Crippen molar-refractivity contribution in [1.82, 2.24) is 0 Å². The van der Waals surface area contributed by atoms with Gasteiger partial charge in [0.1, 0.15) is 13.2 Å². The van der Waals surface area contributed by atoms with E-state index in [4.69, 9.17) is 14.2 Å². The highest BCUT2D eigenvalue weighted by Crippen LogP contribution is 2.17. The highest BCUT2D eigenvalue weighted by molar-refractivity contribution is 5.71. The Kier molecular flexibility index (Phi) is 61.2. The Morgan fingerprint density at radius 2 is 0.493 bits per heavy atom. The number of ether oxygens (including phenoxy) is 3. The van der Waals surface area contributed by atoms with Gasteiger partial charge >= 0.3 is 17.9 Å². The van der Waals surface area contributed by atoms with Crippen molar-refractivity contribution >= 4 is 17.9 Å². The first-order chi connectivity index (χ1) is 37.0. The second-order valence-corrected chi connectivity index (χ2v) is 22.0. The van der Waals surface area contributed by atoms with Gasteiger partial charge in [0.2, 0.25) is 0 Å². The summed E-state index contributed by atoms with van der Waals surface area (Å²) >= 11 is 0. The van der Waals surface area contributed by atoms with Crippen molar-refractivity contribution in [3.8, 4) is 0 Å². The fourth-order valence-electron chi connectivity index (χ4n) is 9.53. The zero-order valence-electron chi connectivity index (χ0n) is 50.1. The van der Waals surface area contributed by atoms with Gasteiger partial charge in [-0.1, -0.05) is 300 Å². The van der Waals surface area contributed by atoms with Crippen molar-refractivity contribution < 1.29 is 28.6 Å². The van der Waals surface area contributed by atoms with E-state index in [0.29, 0.717) is 19.3 Å². The molecule has 0 N–H and O–H groups in total. The highest BCUT2D eigenvalue weighted by Gasteiger charge is 2.19. The molecule has 1 unspecified atom stereocenters. The van der Waals surface area contributed by atoms with Crippen LogP contribution < -0.4 is 0 Å². The van der Waals surface area contributed by atoms with Crippen LogP contribution in [0.4, 0.5) is 0 Å². The van der Waals surface area contributed by atoms with Crippen LogP contribution >= 0.6 is 0 Å². The lowest BCUT2D eigenvalue weighted by atomic mass is 10.0. The number of esters is 3. The molecule has 1 atom stereocenters. The third-order valence-electron chi connectivity index (χ3n) is 14.5. The lowest BCUT2D eigenvalue weighted by Crippen LogP contribution is -2.30. The number of carbonyl (C=O) groups is 3. The van der Waals surface area contributed by atoms with Crippen molar-refractivity contribution in [2.24, 2.45) is 0 Å². The Morgan fingerprint density at radius 1 is 0.267 bits per heavy atom. The molecule has 0 aromatic carbocycles. The maximum absolute atomic E-state index is 12.9. The molecule has 6 heteroatoms. The molecular weight excluding hydrogens is 925 g/mol. The van der Waals surface area contributed by atoms with E-state index in [9.17, 15) is 14.4 Å². The summed E-state index contributed by atoms with van der Waals surface area (Å²) in [6, 6.07) is 0. The van der Waals surface area contributed by atoms with E-state index in [1.54, 1.807) is 0 Å². The summed E-state index contributed by atoms with van der Waals surface area (Å²) in [6.45, 7) is 6.62. The van der Waals surface area contributed by atoms with Gasteiger partial charge in [0.25, 0.3) is 0 Å². The molecule has 0 saturated heterocycles. The Hall–Kier alpha value is -2.89. The summed E-state index contributed by atoms with van der Waals surface area (Å²) in [5.41, 5.74) is 0. The second-order valence-electron chi connectivity index (χ2n) is 22.0. The second kappa shape index (κ2) is 63.6. The van der Waals surface area contributed by atoms with E-state index >= 15 is 0 Å². The molecule has 436 valence electrons. The largest absolute Gasteiger partial charge is 0.462 e. The SMILES string of the molecule is CCCC/C=C\C/C=C\CCCCCCCC(=O)OCC(COC(=O)CCCCCCCCCC/C=C\C/C=C\C/C=C\CCCCCCC)OC(=O)CCCCCCCCCCCCCCCCCCCCCC. The predicted octanol–water partition coefficient (Wildman–Crippen LogP) is 22.3. The minimum absolute atomic E-state index is 0.0798. The number of hydrogen-bond donors (Lipinski definition) is 0. The third kappa shape index (κ3) is 61.8. The summed E-state index contributed by atoms with van der Waals surface area (Å²) in [5, 5.41) is 0. The Morgan fingerprint density at radius 3 is 0.787 bits per heavy atom. The molecular formula is C69H124O6. The van der Waals surface area contributed by atoms with Gasteiger partial charge in [0, 0.05) is 19.3 Å². The van der Waals surface area contributed by atoms with Crippen molar-refractivity contribution in [3.05, 3.63) is 60.8 Å². The molecule has 0 fully saturated rings. The van der Waals surface area contributed by atoms with Crippen LogP contribution in [-0.4, -0.2) is 37.2 Å². The molecule has 0 saturated carbocycles. The Balaban J connectivity index is 4.33. The molecule has 0 radical (unpaired) electrons. The quantitative estimate of drug-likeness (QED) is 0.0261. The third-order valence-corrected chi connectivity index (χ3v) is 14.5. The number of unbranched alkanes of at least 4 members (excludes halogenated alkanes) is 39. The molecule has 0 spiro atoms. The summed E-state index contributed by atoms with van der Waals surface area (Å²) < 4.78 is 16.9. The number of carbonyl (C=O) groups excluding carboxylic acids is 3. The molecule has 0 aliphatic heterocycles. The van der Waals surface area contributed by atoms with Gasteiger partial charge in [-0.15, -0.1) is 0 Å². The lowest BCUT2D eigenvalue weighted by molar-refractivity contribution is -0.167. The molecule has 6 nitrogen and oxygen atoms in total. The van der Waals surface area contributed by atoms with Crippen LogP contribution in [0.5, 0.6) is 0 Å². The predicted molar refractivity (Wildman–Crippen MR) is 325 cm³/mol. The van der Waals surface area contributed by atoms with Crippen molar-refractivity contribution in [2.45, 2.75) is 348 Å². The van der Waals surface area contributed by atoms with Gasteiger partial charge in [0.05, 0.1) is 0 Å². The van der Waals surface area contributed by atoms with E-state index < -0.39 is 6.10 Å².